The fourth-order valence-electron chi connectivity index (χ4n) is 1.30. The first kappa shape index (κ1) is 12.2. The van der Waals surface area contributed by atoms with E-state index >= 15 is 0 Å². The van der Waals surface area contributed by atoms with Crippen molar-refractivity contribution in [2.24, 2.45) is 0 Å². The highest BCUT2D eigenvalue weighted by atomic mass is 19.4. The number of pyridine rings is 1. The zero-order valence-corrected chi connectivity index (χ0v) is 8.92. The minimum Gasteiger partial charge on any atom is -0.282 e. The molecule has 0 atom stereocenters. The fraction of sp³-hybridized carbons (Fsp3) is 0.200. The maximum atomic E-state index is 12.1. The van der Waals surface area contributed by atoms with Crippen LogP contribution in [0.15, 0.2) is 30.7 Å². The van der Waals surface area contributed by atoms with Crippen LogP contribution in [0, 0.1) is 0 Å². The third-order valence-corrected chi connectivity index (χ3v) is 2.10. The Hall–Kier alpha value is -2.25. The number of halogens is 3. The van der Waals surface area contributed by atoms with Gasteiger partial charge in [0, 0.05) is 12.4 Å². The quantitative estimate of drug-likeness (QED) is 0.780. The SMILES string of the molecule is O=C(c1cn(Cc2cccnc2)nn1)C(F)(F)F. The van der Waals surface area contributed by atoms with E-state index in [1.807, 2.05) is 0 Å². The van der Waals surface area contributed by atoms with Crippen LogP contribution >= 0.6 is 0 Å². The summed E-state index contributed by atoms with van der Waals surface area (Å²) in [7, 11) is 0. The second-order valence-corrected chi connectivity index (χ2v) is 3.49. The largest absolute Gasteiger partial charge is 0.456 e. The Labute approximate surface area is 99.3 Å². The van der Waals surface area contributed by atoms with E-state index in [9.17, 15) is 18.0 Å². The van der Waals surface area contributed by atoms with Crippen molar-refractivity contribution in [3.8, 4) is 0 Å². The predicted octanol–water partition coefficient (Wildman–Crippen LogP) is 1.47. The lowest BCUT2D eigenvalue weighted by molar-refractivity contribution is -0.0888. The van der Waals surface area contributed by atoms with Gasteiger partial charge < -0.3 is 0 Å². The summed E-state index contributed by atoms with van der Waals surface area (Å²) in [5, 5.41) is 6.67. The van der Waals surface area contributed by atoms with Gasteiger partial charge in [0.15, 0.2) is 5.69 Å². The number of aromatic nitrogens is 4. The van der Waals surface area contributed by atoms with Crippen molar-refractivity contribution in [1.29, 1.82) is 0 Å². The number of carbonyl (C=O) groups excluding carboxylic acids is 1. The summed E-state index contributed by atoms with van der Waals surface area (Å²) in [5.74, 6) is -2.00. The Morgan fingerprint density at radius 3 is 2.78 bits per heavy atom. The van der Waals surface area contributed by atoms with Gasteiger partial charge in [0.1, 0.15) is 0 Å². The molecule has 0 saturated heterocycles. The standard InChI is InChI=1S/C10H7F3N4O/c11-10(12,13)9(18)8-6-17(16-15-8)5-7-2-1-3-14-4-7/h1-4,6H,5H2. The lowest BCUT2D eigenvalue weighted by atomic mass is 10.3. The smallest absolute Gasteiger partial charge is 0.282 e. The first-order valence-corrected chi connectivity index (χ1v) is 4.87. The molecule has 0 fully saturated rings. The zero-order chi connectivity index (χ0) is 13.2. The number of carbonyl (C=O) groups is 1. The molecule has 0 unspecified atom stereocenters. The van der Waals surface area contributed by atoms with E-state index in [2.05, 4.69) is 15.3 Å². The van der Waals surface area contributed by atoms with Crippen LogP contribution in [0.5, 0.6) is 0 Å². The van der Waals surface area contributed by atoms with E-state index in [0.717, 1.165) is 16.4 Å². The Kier molecular flexibility index (Phi) is 3.09. The van der Waals surface area contributed by atoms with Gasteiger partial charge in [0.25, 0.3) is 5.78 Å². The lowest BCUT2D eigenvalue weighted by Crippen LogP contribution is -2.23. The first-order chi connectivity index (χ1) is 8.47. The molecule has 0 saturated carbocycles. The van der Waals surface area contributed by atoms with Crippen LogP contribution < -0.4 is 0 Å². The molecule has 94 valence electrons. The minimum atomic E-state index is -4.94. The van der Waals surface area contributed by atoms with Crippen molar-refractivity contribution in [1.82, 2.24) is 20.0 Å². The number of ketones is 1. The molecule has 5 nitrogen and oxygen atoms in total. The van der Waals surface area contributed by atoms with Crippen LogP contribution in [0.3, 0.4) is 0 Å². The third kappa shape index (κ3) is 2.70. The highest BCUT2D eigenvalue weighted by molar-refractivity contribution is 5.98. The van der Waals surface area contributed by atoms with Gasteiger partial charge in [-0.3, -0.25) is 9.78 Å². The van der Waals surface area contributed by atoms with Crippen LogP contribution in [0.4, 0.5) is 13.2 Å². The van der Waals surface area contributed by atoms with Gasteiger partial charge in [-0.15, -0.1) is 5.10 Å². The van der Waals surface area contributed by atoms with E-state index in [4.69, 9.17) is 0 Å². The first-order valence-electron chi connectivity index (χ1n) is 4.87. The van der Waals surface area contributed by atoms with E-state index in [0.29, 0.717) is 0 Å². The normalized spacial score (nSPS) is 11.5. The van der Waals surface area contributed by atoms with E-state index in [1.165, 1.54) is 0 Å². The summed E-state index contributed by atoms with van der Waals surface area (Å²) in [4.78, 5) is 14.7. The Morgan fingerprint density at radius 1 is 1.39 bits per heavy atom. The molecule has 2 aromatic heterocycles. The molecule has 0 spiro atoms. The summed E-state index contributed by atoms with van der Waals surface area (Å²) in [6.07, 6.45) is -0.853. The van der Waals surface area contributed by atoms with Gasteiger partial charge in [-0.1, -0.05) is 11.3 Å². The molecule has 0 amide bonds. The van der Waals surface area contributed by atoms with Crippen LogP contribution in [0.25, 0.3) is 0 Å². The van der Waals surface area contributed by atoms with E-state index in [1.54, 1.807) is 24.5 Å². The maximum Gasteiger partial charge on any atom is 0.456 e. The minimum absolute atomic E-state index is 0.200. The number of Topliss-reactive ketones (excluding diaryl/α,β-unsaturated/α-hetero) is 1. The highest BCUT2D eigenvalue weighted by Crippen LogP contribution is 2.19. The van der Waals surface area contributed by atoms with Crippen LogP contribution in [-0.2, 0) is 6.54 Å². The second-order valence-electron chi connectivity index (χ2n) is 3.49. The Morgan fingerprint density at radius 2 is 2.17 bits per heavy atom. The summed E-state index contributed by atoms with van der Waals surface area (Å²) >= 11 is 0. The average molecular weight is 256 g/mol. The lowest BCUT2D eigenvalue weighted by Gasteiger charge is -2.00. The molecule has 2 aromatic rings. The average Bonchev–Trinajstić information content (AvgIpc) is 2.76. The number of nitrogens with zero attached hydrogens (tertiary/aromatic N) is 4. The fourth-order valence-corrected chi connectivity index (χ4v) is 1.30. The summed E-state index contributed by atoms with van der Waals surface area (Å²) in [5.41, 5.74) is 0.0276. The Balaban J connectivity index is 2.14. The third-order valence-electron chi connectivity index (χ3n) is 2.10. The number of alkyl halides is 3. The molecular formula is C10H7F3N4O. The molecule has 18 heavy (non-hydrogen) atoms. The van der Waals surface area contributed by atoms with Gasteiger partial charge in [0.2, 0.25) is 0 Å². The molecule has 0 N–H and O–H groups in total. The Bertz CT molecular complexity index is 550. The molecule has 8 heteroatoms. The monoisotopic (exact) mass is 256 g/mol. The van der Waals surface area contributed by atoms with Gasteiger partial charge in [-0.25, -0.2) is 4.68 Å². The zero-order valence-electron chi connectivity index (χ0n) is 8.92. The molecule has 0 bridgehead atoms. The highest BCUT2D eigenvalue weighted by Gasteiger charge is 2.41. The van der Waals surface area contributed by atoms with Crippen LogP contribution in [-0.4, -0.2) is 31.9 Å². The van der Waals surface area contributed by atoms with Gasteiger partial charge in [-0.05, 0) is 11.6 Å². The number of rotatable bonds is 3. The van der Waals surface area contributed by atoms with Crippen LogP contribution in [0.1, 0.15) is 16.1 Å². The molecule has 0 aliphatic heterocycles. The topological polar surface area (TPSA) is 60.7 Å². The molecule has 0 radical (unpaired) electrons. The molecule has 0 aliphatic carbocycles. The maximum absolute atomic E-state index is 12.1. The molecular weight excluding hydrogens is 249 g/mol. The van der Waals surface area contributed by atoms with E-state index < -0.39 is 17.7 Å². The summed E-state index contributed by atoms with van der Waals surface area (Å²) < 4.78 is 37.6. The van der Waals surface area contributed by atoms with Crippen LogP contribution in [0.2, 0.25) is 0 Å². The van der Waals surface area contributed by atoms with E-state index in [-0.39, 0.29) is 6.54 Å². The van der Waals surface area contributed by atoms with Crippen molar-refractivity contribution in [2.75, 3.05) is 0 Å². The number of hydrogen-bond acceptors (Lipinski definition) is 4. The van der Waals surface area contributed by atoms with Crippen molar-refractivity contribution in [2.45, 2.75) is 12.7 Å². The van der Waals surface area contributed by atoms with Crippen molar-refractivity contribution in [3.05, 3.63) is 42.0 Å². The van der Waals surface area contributed by atoms with Crippen molar-refractivity contribution in [3.63, 3.8) is 0 Å². The molecule has 2 rings (SSSR count). The second kappa shape index (κ2) is 4.55. The number of hydrogen-bond donors (Lipinski definition) is 0. The molecule has 0 aliphatic rings. The molecule has 2 heterocycles. The van der Waals surface area contributed by atoms with Crippen molar-refractivity contribution < 1.29 is 18.0 Å². The van der Waals surface area contributed by atoms with Gasteiger partial charge >= 0.3 is 6.18 Å². The van der Waals surface area contributed by atoms with Gasteiger partial charge in [-0.2, -0.15) is 13.2 Å². The van der Waals surface area contributed by atoms with Crippen molar-refractivity contribution >= 4 is 5.78 Å². The molecule has 0 aromatic carbocycles. The van der Waals surface area contributed by atoms with Gasteiger partial charge in [0.05, 0.1) is 12.7 Å². The summed E-state index contributed by atoms with van der Waals surface area (Å²) in [6.45, 7) is 0.200. The summed E-state index contributed by atoms with van der Waals surface area (Å²) in [6, 6.07) is 3.42. The predicted molar refractivity (Wildman–Crippen MR) is 53.7 cm³/mol.